The van der Waals surface area contributed by atoms with E-state index in [2.05, 4.69) is 31.0 Å². The van der Waals surface area contributed by atoms with Crippen LogP contribution in [0.3, 0.4) is 0 Å². The Labute approximate surface area is 119 Å². The molecule has 1 fully saturated rings. The average Bonchev–Trinajstić information content (AvgIpc) is 2.37. The number of hydrogen-bond donors (Lipinski definition) is 1. The van der Waals surface area contributed by atoms with E-state index in [-0.39, 0.29) is 5.82 Å². The maximum Gasteiger partial charge on any atom is 0.126 e. The van der Waals surface area contributed by atoms with Crippen molar-refractivity contribution in [2.45, 2.75) is 39.3 Å². The van der Waals surface area contributed by atoms with E-state index in [1.165, 1.54) is 6.07 Å². The van der Waals surface area contributed by atoms with Crippen molar-refractivity contribution in [1.82, 2.24) is 5.32 Å². The van der Waals surface area contributed by atoms with Crippen LogP contribution in [0.1, 0.15) is 27.2 Å². The van der Waals surface area contributed by atoms with E-state index in [1.807, 2.05) is 6.07 Å². The molecule has 106 valence electrons. The second-order valence-corrected chi connectivity index (χ2v) is 5.97. The van der Waals surface area contributed by atoms with Gasteiger partial charge >= 0.3 is 0 Å². The summed E-state index contributed by atoms with van der Waals surface area (Å²) >= 11 is 5.96. The third-order valence-corrected chi connectivity index (χ3v) is 4.33. The van der Waals surface area contributed by atoms with E-state index in [0.717, 1.165) is 25.2 Å². The highest BCUT2D eigenvalue weighted by molar-refractivity contribution is 6.30. The average molecular weight is 285 g/mol. The lowest BCUT2D eigenvalue weighted by Gasteiger charge is -2.42. The summed E-state index contributed by atoms with van der Waals surface area (Å²) in [6, 6.07) is 5.56. The van der Waals surface area contributed by atoms with Gasteiger partial charge in [0.2, 0.25) is 0 Å². The molecule has 1 aliphatic rings. The van der Waals surface area contributed by atoms with Crippen molar-refractivity contribution in [2.24, 2.45) is 5.92 Å². The van der Waals surface area contributed by atoms with Crippen molar-refractivity contribution < 1.29 is 4.39 Å². The van der Waals surface area contributed by atoms with Crippen LogP contribution < -0.4 is 10.2 Å². The lowest BCUT2D eigenvalue weighted by atomic mass is 9.95. The summed E-state index contributed by atoms with van der Waals surface area (Å²) < 4.78 is 13.5. The first-order valence-electron chi connectivity index (χ1n) is 6.97. The van der Waals surface area contributed by atoms with Gasteiger partial charge < -0.3 is 10.2 Å². The second kappa shape index (κ2) is 6.10. The zero-order valence-corrected chi connectivity index (χ0v) is 12.5. The van der Waals surface area contributed by atoms with E-state index in [0.29, 0.717) is 23.0 Å². The van der Waals surface area contributed by atoms with Gasteiger partial charge in [-0.3, -0.25) is 0 Å². The van der Waals surface area contributed by atoms with Crippen LogP contribution in [0.25, 0.3) is 0 Å². The standard InChI is InChI=1S/C15H22ClFN2/c1-4-10(2)15-9-19(11(3)8-18-15)14-6-12(16)5-13(17)7-14/h5-7,10-11,15,18H,4,8-9H2,1-3H3. The smallest absolute Gasteiger partial charge is 0.126 e. The molecule has 0 aliphatic carbocycles. The van der Waals surface area contributed by atoms with E-state index in [1.54, 1.807) is 6.07 Å². The number of halogens is 2. The number of anilines is 1. The molecule has 1 saturated heterocycles. The fourth-order valence-corrected chi connectivity index (χ4v) is 2.84. The minimum Gasteiger partial charge on any atom is -0.366 e. The molecule has 1 heterocycles. The Morgan fingerprint density at radius 2 is 2.21 bits per heavy atom. The van der Waals surface area contributed by atoms with Crippen molar-refractivity contribution in [3.63, 3.8) is 0 Å². The van der Waals surface area contributed by atoms with Crippen LogP contribution in [0.4, 0.5) is 10.1 Å². The van der Waals surface area contributed by atoms with Gasteiger partial charge in [0, 0.05) is 35.9 Å². The van der Waals surface area contributed by atoms with Crippen LogP contribution in [0, 0.1) is 11.7 Å². The van der Waals surface area contributed by atoms with Crippen molar-refractivity contribution in [2.75, 3.05) is 18.0 Å². The first kappa shape index (κ1) is 14.6. The molecular formula is C15H22ClFN2. The second-order valence-electron chi connectivity index (χ2n) is 5.53. The van der Waals surface area contributed by atoms with E-state index in [4.69, 9.17) is 11.6 Å². The Bertz CT molecular complexity index is 418. The van der Waals surface area contributed by atoms with Crippen LogP contribution in [-0.2, 0) is 0 Å². The van der Waals surface area contributed by atoms with E-state index in [9.17, 15) is 4.39 Å². The van der Waals surface area contributed by atoms with Crippen LogP contribution in [0.5, 0.6) is 0 Å². The molecule has 0 bridgehead atoms. The third-order valence-electron chi connectivity index (χ3n) is 4.11. The monoisotopic (exact) mass is 284 g/mol. The SMILES string of the molecule is CCC(C)C1CN(c2cc(F)cc(Cl)c2)C(C)CN1. The Balaban J connectivity index is 2.20. The summed E-state index contributed by atoms with van der Waals surface area (Å²) in [4.78, 5) is 2.25. The summed E-state index contributed by atoms with van der Waals surface area (Å²) in [5.41, 5.74) is 0.882. The van der Waals surface area contributed by atoms with Crippen molar-refractivity contribution in [3.05, 3.63) is 29.0 Å². The summed E-state index contributed by atoms with van der Waals surface area (Å²) in [5.74, 6) is 0.340. The van der Waals surface area contributed by atoms with Gasteiger partial charge in [0.05, 0.1) is 0 Å². The quantitative estimate of drug-likeness (QED) is 0.911. The van der Waals surface area contributed by atoms with Gasteiger partial charge in [-0.15, -0.1) is 0 Å². The number of nitrogens with one attached hydrogen (secondary N) is 1. The minimum absolute atomic E-state index is 0.270. The molecule has 0 saturated carbocycles. The molecule has 2 rings (SSSR count). The van der Waals surface area contributed by atoms with Gasteiger partial charge in [0.15, 0.2) is 0 Å². The fourth-order valence-electron chi connectivity index (χ4n) is 2.62. The highest BCUT2D eigenvalue weighted by Crippen LogP contribution is 2.26. The van der Waals surface area contributed by atoms with E-state index >= 15 is 0 Å². The summed E-state index contributed by atoms with van der Waals surface area (Å²) in [6.45, 7) is 8.43. The van der Waals surface area contributed by atoms with Gasteiger partial charge in [-0.1, -0.05) is 31.9 Å². The number of hydrogen-bond acceptors (Lipinski definition) is 2. The highest BCUT2D eigenvalue weighted by atomic mass is 35.5. The third kappa shape index (κ3) is 3.40. The van der Waals surface area contributed by atoms with Crippen LogP contribution in [0.15, 0.2) is 18.2 Å². The predicted octanol–water partition coefficient (Wildman–Crippen LogP) is 3.69. The number of rotatable bonds is 3. The fraction of sp³-hybridized carbons (Fsp3) is 0.600. The number of nitrogens with zero attached hydrogens (tertiary/aromatic N) is 1. The Hall–Kier alpha value is -0.800. The first-order chi connectivity index (χ1) is 9.01. The first-order valence-corrected chi connectivity index (χ1v) is 7.35. The topological polar surface area (TPSA) is 15.3 Å². The molecule has 4 heteroatoms. The molecule has 0 spiro atoms. The van der Waals surface area contributed by atoms with Crippen molar-refractivity contribution in [1.29, 1.82) is 0 Å². The van der Waals surface area contributed by atoms with Gasteiger partial charge in [0.25, 0.3) is 0 Å². The maximum atomic E-state index is 13.5. The van der Waals surface area contributed by atoms with Crippen molar-refractivity contribution >= 4 is 17.3 Å². The molecule has 0 amide bonds. The van der Waals surface area contributed by atoms with Gasteiger partial charge in [-0.05, 0) is 31.0 Å². The molecule has 1 aromatic carbocycles. The molecule has 0 radical (unpaired) electrons. The zero-order chi connectivity index (χ0) is 14.0. The van der Waals surface area contributed by atoms with Crippen LogP contribution >= 0.6 is 11.6 Å². The van der Waals surface area contributed by atoms with Gasteiger partial charge in [0.1, 0.15) is 5.82 Å². The lowest BCUT2D eigenvalue weighted by molar-refractivity contribution is 0.315. The number of piperazine rings is 1. The number of benzene rings is 1. The molecule has 0 aromatic heterocycles. The summed E-state index contributed by atoms with van der Waals surface area (Å²) in [7, 11) is 0. The molecule has 19 heavy (non-hydrogen) atoms. The Morgan fingerprint density at radius 3 is 2.84 bits per heavy atom. The molecule has 1 aliphatic heterocycles. The van der Waals surface area contributed by atoms with Gasteiger partial charge in [-0.25, -0.2) is 4.39 Å². The largest absolute Gasteiger partial charge is 0.366 e. The molecule has 3 unspecified atom stereocenters. The lowest BCUT2D eigenvalue weighted by Crippen LogP contribution is -2.57. The van der Waals surface area contributed by atoms with Crippen molar-refractivity contribution in [3.8, 4) is 0 Å². The normalized spacial score (nSPS) is 25.4. The molecule has 3 atom stereocenters. The molecule has 2 nitrogen and oxygen atoms in total. The highest BCUT2D eigenvalue weighted by Gasteiger charge is 2.28. The van der Waals surface area contributed by atoms with Crippen LogP contribution in [-0.4, -0.2) is 25.2 Å². The molecule has 1 N–H and O–H groups in total. The zero-order valence-electron chi connectivity index (χ0n) is 11.8. The Morgan fingerprint density at radius 1 is 1.47 bits per heavy atom. The molecular weight excluding hydrogens is 263 g/mol. The predicted molar refractivity (Wildman–Crippen MR) is 79.5 cm³/mol. The van der Waals surface area contributed by atoms with E-state index < -0.39 is 0 Å². The van der Waals surface area contributed by atoms with Crippen LogP contribution in [0.2, 0.25) is 5.02 Å². The summed E-state index contributed by atoms with van der Waals surface area (Å²) in [6.07, 6.45) is 1.14. The minimum atomic E-state index is -0.270. The maximum absolute atomic E-state index is 13.5. The molecule has 1 aromatic rings. The Kier molecular flexibility index (Phi) is 4.69. The summed E-state index contributed by atoms with van der Waals surface area (Å²) in [5, 5.41) is 4.04. The van der Waals surface area contributed by atoms with Gasteiger partial charge in [-0.2, -0.15) is 0 Å².